The van der Waals surface area contributed by atoms with Gasteiger partial charge in [-0.15, -0.1) is 10.2 Å². The highest BCUT2D eigenvalue weighted by atomic mass is 32.2. The van der Waals surface area contributed by atoms with Crippen LogP contribution in [0, 0.1) is 19.8 Å². The first kappa shape index (κ1) is 22.5. The van der Waals surface area contributed by atoms with Gasteiger partial charge in [0.15, 0.2) is 9.84 Å². The minimum Gasteiger partial charge on any atom is -0.416 e. The van der Waals surface area contributed by atoms with Gasteiger partial charge in [-0.3, -0.25) is 4.79 Å². The molecule has 0 unspecified atom stereocenters. The van der Waals surface area contributed by atoms with Crippen LogP contribution >= 0.6 is 11.8 Å². The molecule has 1 aromatic heterocycles. The fourth-order valence-electron chi connectivity index (χ4n) is 3.90. The molecule has 0 radical (unpaired) electrons. The van der Waals surface area contributed by atoms with E-state index in [1.54, 1.807) is 0 Å². The van der Waals surface area contributed by atoms with Crippen LogP contribution in [0.1, 0.15) is 34.3 Å². The summed E-state index contributed by atoms with van der Waals surface area (Å²) in [5.41, 5.74) is 3.70. The fraction of sp³-hybridized carbons (Fsp3) is 0.348. The number of anilines is 1. The molecule has 2 heterocycles. The van der Waals surface area contributed by atoms with Crippen molar-refractivity contribution >= 4 is 33.2 Å². The molecule has 1 aliphatic rings. The molecule has 7 nitrogen and oxygen atoms in total. The second kappa shape index (κ2) is 9.46. The summed E-state index contributed by atoms with van der Waals surface area (Å²) < 4.78 is 29.2. The van der Waals surface area contributed by atoms with Crippen LogP contribution in [-0.2, 0) is 21.1 Å². The molecular formula is C23H25N3O4S2. The van der Waals surface area contributed by atoms with Gasteiger partial charge in [0.05, 0.1) is 11.5 Å². The number of rotatable bonds is 7. The number of carbonyl (C=O) groups is 1. The molecule has 1 aliphatic heterocycles. The molecule has 2 atom stereocenters. The lowest BCUT2D eigenvalue weighted by atomic mass is 10.1. The van der Waals surface area contributed by atoms with Crippen molar-refractivity contribution < 1.29 is 17.6 Å². The van der Waals surface area contributed by atoms with E-state index in [4.69, 9.17) is 4.42 Å². The second-order valence-electron chi connectivity index (χ2n) is 8.21. The zero-order valence-electron chi connectivity index (χ0n) is 17.9. The van der Waals surface area contributed by atoms with Gasteiger partial charge >= 0.3 is 0 Å². The van der Waals surface area contributed by atoms with E-state index < -0.39 is 15.1 Å². The van der Waals surface area contributed by atoms with E-state index in [1.807, 2.05) is 56.3 Å². The van der Waals surface area contributed by atoms with Gasteiger partial charge in [0, 0.05) is 12.1 Å². The third kappa shape index (κ3) is 5.77. The van der Waals surface area contributed by atoms with Crippen LogP contribution in [0.15, 0.2) is 58.2 Å². The molecule has 2 aromatic carbocycles. The van der Waals surface area contributed by atoms with Gasteiger partial charge in [-0.25, -0.2) is 8.42 Å². The SMILES string of the molecule is Cc1cc(C)cc(NC(=O)[C@H](Sc2nnc(C[C@@H]3CCS(=O)(=O)C3)o2)c2ccccc2)c1. The molecule has 1 N–H and O–H groups in total. The third-order valence-corrected chi connectivity index (χ3v) is 8.21. The summed E-state index contributed by atoms with van der Waals surface area (Å²) in [5, 5.41) is 10.9. The van der Waals surface area contributed by atoms with E-state index in [2.05, 4.69) is 21.6 Å². The van der Waals surface area contributed by atoms with Gasteiger partial charge < -0.3 is 9.73 Å². The highest BCUT2D eigenvalue weighted by molar-refractivity contribution is 8.00. The quantitative estimate of drug-likeness (QED) is 0.517. The maximum absolute atomic E-state index is 13.2. The summed E-state index contributed by atoms with van der Waals surface area (Å²) >= 11 is 1.19. The molecule has 4 rings (SSSR count). The molecule has 0 bridgehead atoms. The average Bonchev–Trinajstić information content (AvgIpc) is 3.31. The summed E-state index contributed by atoms with van der Waals surface area (Å²) in [5.74, 6) is 0.574. The summed E-state index contributed by atoms with van der Waals surface area (Å²) in [6.07, 6.45) is 1.04. The molecule has 1 amide bonds. The number of nitrogens with zero attached hydrogens (tertiary/aromatic N) is 2. The Morgan fingerprint density at radius 3 is 2.53 bits per heavy atom. The molecule has 9 heteroatoms. The first-order valence-electron chi connectivity index (χ1n) is 10.4. The van der Waals surface area contributed by atoms with E-state index in [-0.39, 0.29) is 28.6 Å². The number of thioether (sulfide) groups is 1. The number of amides is 1. The molecule has 168 valence electrons. The minimum atomic E-state index is -2.96. The van der Waals surface area contributed by atoms with Crippen molar-refractivity contribution in [1.29, 1.82) is 0 Å². The van der Waals surface area contributed by atoms with Crippen LogP contribution < -0.4 is 5.32 Å². The van der Waals surface area contributed by atoms with Crippen molar-refractivity contribution in [2.24, 2.45) is 5.92 Å². The van der Waals surface area contributed by atoms with E-state index in [0.29, 0.717) is 18.7 Å². The Bertz CT molecular complexity index is 1190. The lowest BCUT2D eigenvalue weighted by molar-refractivity contribution is -0.115. The molecule has 0 saturated carbocycles. The van der Waals surface area contributed by atoms with E-state index in [1.165, 1.54) is 11.8 Å². The topological polar surface area (TPSA) is 102 Å². The summed E-state index contributed by atoms with van der Waals surface area (Å²) in [6, 6.07) is 15.3. The molecule has 1 saturated heterocycles. The number of aryl methyl sites for hydroxylation is 2. The lowest BCUT2D eigenvalue weighted by Gasteiger charge is -2.16. The Balaban J connectivity index is 1.50. The Kier molecular flexibility index (Phi) is 6.66. The number of aromatic nitrogens is 2. The number of nitrogens with one attached hydrogen (secondary N) is 1. The van der Waals surface area contributed by atoms with Crippen LogP contribution in [-0.4, -0.2) is 36.0 Å². The average molecular weight is 472 g/mol. The number of sulfone groups is 1. The Labute approximate surface area is 191 Å². The van der Waals surface area contributed by atoms with Crippen molar-refractivity contribution in [2.45, 2.75) is 37.2 Å². The van der Waals surface area contributed by atoms with Crippen LogP contribution in [0.25, 0.3) is 0 Å². The maximum atomic E-state index is 13.2. The molecular weight excluding hydrogens is 446 g/mol. The zero-order valence-corrected chi connectivity index (χ0v) is 19.6. The number of hydrogen-bond donors (Lipinski definition) is 1. The molecule has 1 fully saturated rings. The largest absolute Gasteiger partial charge is 0.416 e. The van der Waals surface area contributed by atoms with Crippen molar-refractivity contribution in [2.75, 3.05) is 16.8 Å². The molecule has 3 aromatic rings. The summed E-state index contributed by atoms with van der Waals surface area (Å²) in [4.78, 5) is 13.2. The first-order valence-corrected chi connectivity index (χ1v) is 13.1. The fourth-order valence-corrected chi connectivity index (χ4v) is 6.66. The smallest absolute Gasteiger partial charge is 0.277 e. The molecule has 0 spiro atoms. The van der Waals surface area contributed by atoms with Crippen molar-refractivity contribution in [1.82, 2.24) is 10.2 Å². The van der Waals surface area contributed by atoms with Gasteiger partial charge in [-0.1, -0.05) is 36.4 Å². The second-order valence-corrected chi connectivity index (χ2v) is 11.5. The Morgan fingerprint density at radius 1 is 1.16 bits per heavy atom. The highest BCUT2D eigenvalue weighted by Crippen LogP contribution is 2.36. The normalized spacial score (nSPS) is 18.4. The van der Waals surface area contributed by atoms with Crippen LogP contribution in [0.2, 0.25) is 0 Å². The Hall–Kier alpha value is -2.65. The van der Waals surface area contributed by atoms with Crippen LogP contribution in [0.5, 0.6) is 0 Å². The van der Waals surface area contributed by atoms with Gasteiger partial charge in [0.25, 0.3) is 5.22 Å². The molecule has 0 aliphatic carbocycles. The minimum absolute atomic E-state index is 0.00363. The lowest BCUT2D eigenvalue weighted by Crippen LogP contribution is -2.19. The predicted molar refractivity (Wildman–Crippen MR) is 124 cm³/mol. The Morgan fingerprint density at radius 2 is 1.88 bits per heavy atom. The summed E-state index contributed by atoms with van der Waals surface area (Å²) in [6.45, 7) is 3.98. The highest BCUT2D eigenvalue weighted by Gasteiger charge is 2.30. The third-order valence-electron chi connectivity index (χ3n) is 5.29. The number of hydrogen-bond acceptors (Lipinski definition) is 7. The van der Waals surface area contributed by atoms with Crippen molar-refractivity contribution in [3.63, 3.8) is 0 Å². The number of benzene rings is 2. The van der Waals surface area contributed by atoms with Crippen LogP contribution in [0.4, 0.5) is 5.69 Å². The van der Waals surface area contributed by atoms with Gasteiger partial charge in [0.1, 0.15) is 5.25 Å². The van der Waals surface area contributed by atoms with Crippen LogP contribution in [0.3, 0.4) is 0 Å². The monoisotopic (exact) mass is 471 g/mol. The van der Waals surface area contributed by atoms with E-state index in [0.717, 1.165) is 22.4 Å². The van der Waals surface area contributed by atoms with Gasteiger partial charge in [-0.2, -0.15) is 0 Å². The van der Waals surface area contributed by atoms with Gasteiger partial charge in [-0.05, 0) is 66.8 Å². The number of carbonyl (C=O) groups excluding carboxylic acids is 1. The van der Waals surface area contributed by atoms with Crippen molar-refractivity contribution in [3.8, 4) is 0 Å². The molecule has 32 heavy (non-hydrogen) atoms. The van der Waals surface area contributed by atoms with Crippen molar-refractivity contribution in [3.05, 3.63) is 71.1 Å². The first-order chi connectivity index (χ1) is 15.3. The van der Waals surface area contributed by atoms with E-state index in [9.17, 15) is 13.2 Å². The predicted octanol–water partition coefficient (Wildman–Crippen LogP) is 4.14. The zero-order chi connectivity index (χ0) is 22.7. The van der Waals surface area contributed by atoms with Gasteiger partial charge in [0.2, 0.25) is 11.8 Å². The standard InChI is InChI=1S/C23H25N3O4S2/c1-15-10-16(2)12-19(11-15)24-22(27)21(18-6-4-3-5-7-18)31-23-26-25-20(30-23)13-17-8-9-32(28,29)14-17/h3-7,10-12,17,21H,8-9,13-14H2,1-2H3,(H,24,27)/t17-,21+/m0/s1. The maximum Gasteiger partial charge on any atom is 0.277 e. The summed E-state index contributed by atoms with van der Waals surface area (Å²) in [7, 11) is -2.96. The van der Waals surface area contributed by atoms with E-state index >= 15 is 0 Å².